The van der Waals surface area contributed by atoms with Crippen LogP contribution in [0, 0.1) is 6.92 Å². The smallest absolute Gasteiger partial charge is 0.267 e. The average molecular weight is 244 g/mol. The molecule has 3 heteroatoms. The van der Waals surface area contributed by atoms with Crippen molar-refractivity contribution in [2.75, 3.05) is 0 Å². The van der Waals surface area contributed by atoms with Crippen molar-refractivity contribution < 1.29 is 0 Å². The highest BCUT2D eigenvalue weighted by molar-refractivity contribution is 5.22. The molecule has 0 amide bonds. The van der Waals surface area contributed by atoms with Gasteiger partial charge in [0, 0.05) is 17.2 Å². The molecule has 2 rings (SSSR count). The van der Waals surface area contributed by atoms with E-state index in [1.165, 1.54) is 5.56 Å². The standard InChI is InChI=1S/C15H20N2O/c1-11-6-5-7-12(8-11)10-17-14(18)9-13(16-17)15(2,3)4/h5-9,16H,10H2,1-4H3. The number of aryl methyl sites for hydroxylation is 1. The summed E-state index contributed by atoms with van der Waals surface area (Å²) in [6.45, 7) is 8.93. The second-order valence-electron chi connectivity index (χ2n) is 5.83. The SMILES string of the molecule is Cc1cccc(Cn2[nH]c(C(C)(C)C)cc2=O)c1. The van der Waals surface area contributed by atoms with Crippen LogP contribution in [0.1, 0.15) is 37.6 Å². The van der Waals surface area contributed by atoms with Crippen LogP contribution in [0.3, 0.4) is 0 Å². The van der Waals surface area contributed by atoms with Crippen LogP contribution in [0.5, 0.6) is 0 Å². The van der Waals surface area contributed by atoms with Crippen LogP contribution in [0.4, 0.5) is 0 Å². The molecule has 0 radical (unpaired) electrons. The number of nitrogens with one attached hydrogen (secondary N) is 1. The van der Waals surface area contributed by atoms with Gasteiger partial charge in [0.25, 0.3) is 5.56 Å². The third kappa shape index (κ3) is 2.73. The first-order chi connectivity index (χ1) is 8.36. The first-order valence-corrected chi connectivity index (χ1v) is 6.22. The van der Waals surface area contributed by atoms with E-state index < -0.39 is 0 Å². The fourth-order valence-corrected chi connectivity index (χ4v) is 1.93. The quantitative estimate of drug-likeness (QED) is 0.866. The highest BCUT2D eigenvalue weighted by Gasteiger charge is 2.17. The molecule has 0 spiro atoms. The molecule has 1 N–H and O–H groups in total. The maximum absolute atomic E-state index is 11.9. The Morgan fingerprint density at radius 3 is 2.50 bits per heavy atom. The maximum Gasteiger partial charge on any atom is 0.267 e. The fraction of sp³-hybridized carbons (Fsp3) is 0.400. The van der Waals surface area contributed by atoms with Gasteiger partial charge < -0.3 is 0 Å². The summed E-state index contributed by atoms with van der Waals surface area (Å²) in [4.78, 5) is 11.9. The number of rotatable bonds is 2. The minimum atomic E-state index is -0.0307. The highest BCUT2D eigenvalue weighted by atomic mass is 16.1. The van der Waals surface area contributed by atoms with Gasteiger partial charge in [-0.15, -0.1) is 0 Å². The number of benzene rings is 1. The van der Waals surface area contributed by atoms with E-state index in [1.807, 2.05) is 12.1 Å². The predicted molar refractivity (Wildman–Crippen MR) is 74.0 cm³/mol. The van der Waals surface area contributed by atoms with E-state index in [9.17, 15) is 4.79 Å². The number of H-pyrrole nitrogens is 1. The van der Waals surface area contributed by atoms with Gasteiger partial charge in [-0.2, -0.15) is 0 Å². The third-order valence-corrected chi connectivity index (χ3v) is 3.02. The number of aromatic nitrogens is 2. The number of aromatic amines is 1. The molecule has 0 aliphatic carbocycles. The van der Waals surface area contributed by atoms with Crippen LogP contribution in [0.25, 0.3) is 0 Å². The van der Waals surface area contributed by atoms with Crippen molar-refractivity contribution in [1.29, 1.82) is 0 Å². The molecular weight excluding hydrogens is 224 g/mol. The van der Waals surface area contributed by atoms with Crippen LogP contribution >= 0.6 is 0 Å². The normalized spacial score (nSPS) is 11.8. The van der Waals surface area contributed by atoms with E-state index in [1.54, 1.807) is 10.7 Å². The molecule has 1 heterocycles. The molecule has 0 saturated carbocycles. The second-order valence-corrected chi connectivity index (χ2v) is 5.83. The van der Waals surface area contributed by atoms with Crippen molar-refractivity contribution in [3.63, 3.8) is 0 Å². The molecule has 18 heavy (non-hydrogen) atoms. The van der Waals surface area contributed by atoms with Crippen LogP contribution in [0.2, 0.25) is 0 Å². The van der Waals surface area contributed by atoms with E-state index >= 15 is 0 Å². The number of hydrogen-bond acceptors (Lipinski definition) is 1. The summed E-state index contributed by atoms with van der Waals surface area (Å²) in [5.41, 5.74) is 3.32. The Morgan fingerprint density at radius 2 is 1.94 bits per heavy atom. The van der Waals surface area contributed by atoms with Gasteiger partial charge in [0.2, 0.25) is 0 Å². The van der Waals surface area contributed by atoms with Gasteiger partial charge in [0.1, 0.15) is 0 Å². The lowest BCUT2D eigenvalue weighted by Gasteiger charge is -2.15. The molecule has 0 aliphatic heterocycles. The lowest BCUT2D eigenvalue weighted by atomic mass is 9.93. The van der Waals surface area contributed by atoms with Gasteiger partial charge in [-0.1, -0.05) is 50.6 Å². The van der Waals surface area contributed by atoms with Gasteiger partial charge in [-0.25, -0.2) is 4.68 Å². The zero-order chi connectivity index (χ0) is 13.3. The van der Waals surface area contributed by atoms with Crippen molar-refractivity contribution in [3.05, 3.63) is 57.5 Å². The van der Waals surface area contributed by atoms with Crippen LogP contribution in [0.15, 0.2) is 35.1 Å². The largest absolute Gasteiger partial charge is 0.299 e. The summed E-state index contributed by atoms with van der Waals surface area (Å²) in [6, 6.07) is 9.90. The molecule has 1 aromatic carbocycles. The highest BCUT2D eigenvalue weighted by Crippen LogP contribution is 2.18. The van der Waals surface area contributed by atoms with Crippen molar-refractivity contribution in [2.24, 2.45) is 0 Å². The number of hydrogen-bond donors (Lipinski definition) is 1. The minimum absolute atomic E-state index is 0.0291. The summed E-state index contributed by atoms with van der Waals surface area (Å²) < 4.78 is 1.66. The lowest BCUT2D eigenvalue weighted by Crippen LogP contribution is -2.17. The van der Waals surface area contributed by atoms with Gasteiger partial charge in [0.05, 0.1) is 6.54 Å². The molecule has 1 aromatic heterocycles. The minimum Gasteiger partial charge on any atom is -0.299 e. The lowest BCUT2D eigenvalue weighted by molar-refractivity contribution is 0.543. The number of nitrogens with zero attached hydrogens (tertiary/aromatic N) is 1. The molecular formula is C15H20N2O. The fourth-order valence-electron chi connectivity index (χ4n) is 1.93. The van der Waals surface area contributed by atoms with Crippen molar-refractivity contribution in [1.82, 2.24) is 9.78 Å². The summed E-state index contributed by atoms with van der Waals surface area (Å²) in [5.74, 6) is 0. The van der Waals surface area contributed by atoms with E-state index in [0.717, 1.165) is 11.3 Å². The molecule has 0 bridgehead atoms. The van der Waals surface area contributed by atoms with Crippen LogP contribution in [-0.4, -0.2) is 9.78 Å². The zero-order valence-corrected chi connectivity index (χ0v) is 11.4. The van der Waals surface area contributed by atoms with Crippen LogP contribution in [-0.2, 0) is 12.0 Å². The molecule has 0 atom stereocenters. The first-order valence-electron chi connectivity index (χ1n) is 6.22. The van der Waals surface area contributed by atoms with Gasteiger partial charge in [-0.05, 0) is 12.5 Å². The molecule has 3 nitrogen and oxygen atoms in total. The Hall–Kier alpha value is -1.77. The Labute approximate surface area is 107 Å². The molecule has 0 unspecified atom stereocenters. The Kier molecular flexibility index (Phi) is 3.16. The van der Waals surface area contributed by atoms with Crippen molar-refractivity contribution >= 4 is 0 Å². The topological polar surface area (TPSA) is 37.8 Å². The van der Waals surface area contributed by atoms with Gasteiger partial charge >= 0.3 is 0 Å². The molecule has 2 aromatic rings. The van der Waals surface area contributed by atoms with Crippen molar-refractivity contribution in [3.8, 4) is 0 Å². The Bertz CT molecular complexity index is 599. The molecule has 0 saturated heterocycles. The van der Waals surface area contributed by atoms with E-state index in [0.29, 0.717) is 6.54 Å². The summed E-state index contributed by atoms with van der Waals surface area (Å²) >= 11 is 0. The van der Waals surface area contributed by atoms with Gasteiger partial charge in [-0.3, -0.25) is 9.89 Å². The molecule has 0 fully saturated rings. The molecule has 96 valence electrons. The van der Waals surface area contributed by atoms with Gasteiger partial charge in [0.15, 0.2) is 0 Å². The Balaban J connectivity index is 2.30. The third-order valence-electron chi connectivity index (χ3n) is 3.02. The Morgan fingerprint density at radius 1 is 1.22 bits per heavy atom. The van der Waals surface area contributed by atoms with Crippen LogP contribution < -0.4 is 5.56 Å². The summed E-state index contributed by atoms with van der Waals surface area (Å²) in [7, 11) is 0. The zero-order valence-electron chi connectivity index (χ0n) is 11.4. The maximum atomic E-state index is 11.9. The summed E-state index contributed by atoms with van der Waals surface area (Å²) in [6.07, 6.45) is 0. The monoisotopic (exact) mass is 244 g/mol. The van der Waals surface area contributed by atoms with E-state index in [2.05, 4.69) is 44.9 Å². The van der Waals surface area contributed by atoms with Crippen molar-refractivity contribution in [2.45, 2.75) is 39.7 Å². The van der Waals surface area contributed by atoms with E-state index in [4.69, 9.17) is 0 Å². The van der Waals surface area contributed by atoms with E-state index in [-0.39, 0.29) is 11.0 Å². The predicted octanol–water partition coefficient (Wildman–Crippen LogP) is 2.83. The second kappa shape index (κ2) is 4.48. The summed E-state index contributed by atoms with van der Waals surface area (Å²) in [5, 5.41) is 3.19. The molecule has 0 aliphatic rings. The average Bonchev–Trinajstić information content (AvgIpc) is 2.60. The first kappa shape index (κ1) is 12.7.